The van der Waals surface area contributed by atoms with Crippen LogP contribution in [0.1, 0.15) is 54.2 Å². The van der Waals surface area contributed by atoms with Crippen LogP contribution >= 0.6 is 0 Å². The van der Waals surface area contributed by atoms with Gasteiger partial charge in [0.15, 0.2) is 0 Å². The third kappa shape index (κ3) is 3.18. The van der Waals surface area contributed by atoms with Gasteiger partial charge in [0.25, 0.3) is 0 Å². The van der Waals surface area contributed by atoms with Gasteiger partial charge < -0.3 is 5.32 Å². The molecule has 2 aromatic rings. The lowest BCUT2D eigenvalue weighted by Gasteiger charge is -2.16. The summed E-state index contributed by atoms with van der Waals surface area (Å²) in [5.41, 5.74) is 5.23. The zero-order valence-electron chi connectivity index (χ0n) is 13.1. The zero-order valence-corrected chi connectivity index (χ0v) is 13.1. The molecule has 1 atom stereocenters. The SMILES string of the molecule is Cc1nn(Cc2ccccc2)c(C)c1[C@@H]1CCCCCN1. The van der Waals surface area contributed by atoms with Gasteiger partial charge >= 0.3 is 0 Å². The first kappa shape index (κ1) is 14.3. The maximum Gasteiger partial charge on any atom is 0.0662 e. The van der Waals surface area contributed by atoms with E-state index in [-0.39, 0.29) is 0 Å². The summed E-state index contributed by atoms with van der Waals surface area (Å²) < 4.78 is 2.16. The molecule has 1 fully saturated rings. The van der Waals surface area contributed by atoms with Crippen LogP contribution in [0.4, 0.5) is 0 Å². The van der Waals surface area contributed by atoms with Gasteiger partial charge in [0.2, 0.25) is 0 Å². The van der Waals surface area contributed by atoms with Crippen molar-refractivity contribution in [3.05, 3.63) is 52.8 Å². The van der Waals surface area contributed by atoms with Gasteiger partial charge in [-0.2, -0.15) is 5.10 Å². The molecule has 0 spiro atoms. The summed E-state index contributed by atoms with van der Waals surface area (Å²) in [7, 11) is 0. The second-order valence-corrected chi connectivity index (χ2v) is 6.08. The van der Waals surface area contributed by atoms with Crippen LogP contribution in [-0.4, -0.2) is 16.3 Å². The van der Waals surface area contributed by atoms with Crippen molar-refractivity contribution in [3.63, 3.8) is 0 Å². The Bertz CT molecular complexity index is 578. The smallest absolute Gasteiger partial charge is 0.0662 e. The Hall–Kier alpha value is -1.61. The van der Waals surface area contributed by atoms with Crippen LogP contribution in [0.15, 0.2) is 30.3 Å². The molecule has 0 bridgehead atoms. The van der Waals surface area contributed by atoms with Crippen molar-refractivity contribution in [3.8, 4) is 0 Å². The average Bonchev–Trinajstić information content (AvgIpc) is 2.70. The quantitative estimate of drug-likeness (QED) is 0.929. The van der Waals surface area contributed by atoms with Gasteiger partial charge in [0, 0.05) is 17.3 Å². The largest absolute Gasteiger partial charge is 0.310 e. The number of aryl methyl sites for hydroxylation is 1. The Kier molecular flexibility index (Phi) is 4.39. The normalized spacial score (nSPS) is 19.4. The lowest BCUT2D eigenvalue weighted by atomic mass is 10.0. The Morgan fingerprint density at radius 2 is 1.95 bits per heavy atom. The third-order valence-corrected chi connectivity index (χ3v) is 4.52. The van der Waals surface area contributed by atoms with E-state index in [1.807, 2.05) is 0 Å². The number of hydrogen-bond donors (Lipinski definition) is 1. The van der Waals surface area contributed by atoms with Crippen LogP contribution in [-0.2, 0) is 6.54 Å². The second kappa shape index (κ2) is 6.44. The fourth-order valence-electron chi connectivity index (χ4n) is 3.40. The van der Waals surface area contributed by atoms with Crippen LogP contribution in [0.5, 0.6) is 0 Å². The molecule has 3 nitrogen and oxygen atoms in total. The standard InChI is InChI=1S/C18H25N3/c1-14-18(17-11-7-4-8-12-19-17)15(2)21(20-14)13-16-9-5-3-6-10-16/h3,5-6,9-10,17,19H,4,7-8,11-13H2,1-2H3/t17-/m0/s1. The van der Waals surface area contributed by atoms with E-state index in [0.29, 0.717) is 6.04 Å². The number of benzene rings is 1. The molecule has 112 valence electrons. The molecule has 0 radical (unpaired) electrons. The van der Waals surface area contributed by atoms with E-state index in [2.05, 4.69) is 54.2 Å². The summed E-state index contributed by atoms with van der Waals surface area (Å²) in [6.45, 7) is 6.36. The first-order valence-corrected chi connectivity index (χ1v) is 8.07. The summed E-state index contributed by atoms with van der Waals surface area (Å²) in [5.74, 6) is 0. The van der Waals surface area contributed by atoms with Gasteiger partial charge in [0.1, 0.15) is 0 Å². The fourth-order valence-corrected chi connectivity index (χ4v) is 3.40. The highest BCUT2D eigenvalue weighted by molar-refractivity contribution is 5.29. The van der Waals surface area contributed by atoms with Gasteiger partial charge in [-0.15, -0.1) is 0 Å². The summed E-state index contributed by atoms with van der Waals surface area (Å²) in [4.78, 5) is 0. The predicted octanol–water partition coefficient (Wildman–Crippen LogP) is 3.75. The molecule has 0 aliphatic carbocycles. The molecule has 1 N–H and O–H groups in total. The van der Waals surface area contributed by atoms with Crippen LogP contribution in [0.25, 0.3) is 0 Å². The maximum absolute atomic E-state index is 4.79. The minimum Gasteiger partial charge on any atom is -0.310 e. The highest BCUT2D eigenvalue weighted by Crippen LogP contribution is 2.28. The van der Waals surface area contributed by atoms with E-state index in [4.69, 9.17) is 5.10 Å². The number of aromatic nitrogens is 2. The number of rotatable bonds is 3. The molecule has 1 saturated heterocycles. The predicted molar refractivity (Wildman–Crippen MR) is 86.5 cm³/mol. The molecule has 2 heterocycles. The van der Waals surface area contributed by atoms with Crippen molar-refractivity contribution in [2.24, 2.45) is 0 Å². The third-order valence-electron chi connectivity index (χ3n) is 4.52. The lowest BCUT2D eigenvalue weighted by molar-refractivity contribution is 0.528. The van der Waals surface area contributed by atoms with Crippen LogP contribution < -0.4 is 5.32 Å². The first-order valence-electron chi connectivity index (χ1n) is 8.07. The second-order valence-electron chi connectivity index (χ2n) is 6.08. The molecule has 0 amide bonds. The van der Waals surface area contributed by atoms with Gasteiger partial charge in [-0.05, 0) is 38.8 Å². The monoisotopic (exact) mass is 283 g/mol. The Morgan fingerprint density at radius 1 is 1.14 bits per heavy atom. The molecule has 3 heteroatoms. The topological polar surface area (TPSA) is 29.9 Å². The van der Waals surface area contributed by atoms with Gasteiger partial charge in [-0.3, -0.25) is 4.68 Å². The summed E-state index contributed by atoms with van der Waals surface area (Å²) in [6.07, 6.45) is 5.20. The Morgan fingerprint density at radius 3 is 2.76 bits per heavy atom. The summed E-state index contributed by atoms with van der Waals surface area (Å²) in [5, 5.41) is 8.49. The molecular weight excluding hydrogens is 258 g/mol. The molecule has 1 aromatic carbocycles. The highest BCUT2D eigenvalue weighted by Gasteiger charge is 2.21. The molecule has 1 aliphatic rings. The van der Waals surface area contributed by atoms with E-state index < -0.39 is 0 Å². The molecule has 1 aromatic heterocycles. The van der Waals surface area contributed by atoms with Crippen LogP contribution in [0.2, 0.25) is 0 Å². The molecule has 0 saturated carbocycles. The van der Waals surface area contributed by atoms with E-state index in [1.54, 1.807) is 0 Å². The number of nitrogens with zero attached hydrogens (tertiary/aromatic N) is 2. The molecule has 21 heavy (non-hydrogen) atoms. The number of nitrogens with one attached hydrogen (secondary N) is 1. The maximum atomic E-state index is 4.79. The molecule has 0 unspecified atom stereocenters. The van der Waals surface area contributed by atoms with Crippen molar-refractivity contribution in [2.45, 2.75) is 52.1 Å². The molecular formula is C18H25N3. The minimum absolute atomic E-state index is 0.483. The first-order chi connectivity index (χ1) is 10.3. The van der Waals surface area contributed by atoms with E-state index >= 15 is 0 Å². The van der Waals surface area contributed by atoms with Gasteiger partial charge in [-0.25, -0.2) is 0 Å². The Balaban J connectivity index is 1.85. The molecule has 3 rings (SSSR count). The Labute approximate surface area is 127 Å². The average molecular weight is 283 g/mol. The van der Waals surface area contributed by atoms with Crippen molar-refractivity contribution in [1.82, 2.24) is 15.1 Å². The van der Waals surface area contributed by atoms with E-state index in [1.165, 1.54) is 48.2 Å². The van der Waals surface area contributed by atoms with Crippen LogP contribution in [0, 0.1) is 13.8 Å². The zero-order chi connectivity index (χ0) is 14.7. The highest BCUT2D eigenvalue weighted by atomic mass is 15.3. The van der Waals surface area contributed by atoms with Gasteiger partial charge in [0.05, 0.1) is 12.2 Å². The minimum atomic E-state index is 0.483. The van der Waals surface area contributed by atoms with Gasteiger partial charge in [-0.1, -0.05) is 43.2 Å². The van der Waals surface area contributed by atoms with Crippen LogP contribution in [0.3, 0.4) is 0 Å². The fraction of sp³-hybridized carbons (Fsp3) is 0.500. The summed E-state index contributed by atoms with van der Waals surface area (Å²) >= 11 is 0. The van der Waals surface area contributed by atoms with Crippen molar-refractivity contribution < 1.29 is 0 Å². The van der Waals surface area contributed by atoms with Crippen molar-refractivity contribution >= 4 is 0 Å². The van der Waals surface area contributed by atoms with Crippen molar-refractivity contribution in [2.75, 3.05) is 6.54 Å². The van der Waals surface area contributed by atoms with Crippen molar-refractivity contribution in [1.29, 1.82) is 0 Å². The van der Waals surface area contributed by atoms with E-state index in [9.17, 15) is 0 Å². The summed E-state index contributed by atoms with van der Waals surface area (Å²) in [6, 6.07) is 11.1. The lowest BCUT2D eigenvalue weighted by Crippen LogP contribution is -2.21. The van der Waals surface area contributed by atoms with E-state index in [0.717, 1.165) is 13.1 Å². The molecule has 1 aliphatic heterocycles. The number of hydrogen-bond acceptors (Lipinski definition) is 2.